The Morgan fingerprint density at radius 3 is 2.57 bits per heavy atom. The molecule has 226 valence electrons. The van der Waals surface area contributed by atoms with Crippen molar-refractivity contribution in [1.82, 2.24) is 4.57 Å². The molecule has 0 saturated heterocycles. The minimum Gasteiger partial charge on any atom is -0.490 e. The van der Waals surface area contributed by atoms with Crippen molar-refractivity contribution < 1.29 is 23.9 Å². The van der Waals surface area contributed by atoms with Crippen LogP contribution in [0.3, 0.4) is 0 Å². The lowest BCUT2D eigenvalue weighted by Gasteiger charge is -2.25. The first-order valence-electron chi connectivity index (χ1n) is 13.8. The first kappa shape index (κ1) is 30.9. The Kier molecular flexibility index (Phi) is 9.40. The number of thiazole rings is 1. The normalized spacial score (nSPS) is 14.5. The number of non-ortho nitro benzene ring substituents is 1. The number of carbonyl (C=O) groups is 1. The Bertz CT molecular complexity index is 1950. The van der Waals surface area contributed by atoms with Gasteiger partial charge in [0.25, 0.3) is 11.2 Å². The monoisotopic (exact) mass is 677 g/mol. The van der Waals surface area contributed by atoms with E-state index in [1.54, 1.807) is 34.9 Å². The lowest BCUT2D eigenvalue weighted by molar-refractivity contribution is -0.384. The van der Waals surface area contributed by atoms with Crippen molar-refractivity contribution in [2.45, 2.75) is 32.9 Å². The van der Waals surface area contributed by atoms with Gasteiger partial charge in [-0.2, -0.15) is 0 Å². The fourth-order valence-electron chi connectivity index (χ4n) is 4.96. The van der Waals surface area contributed by atoms with Crippen molar-refractivity contribution in [1.29, 1.82) is 0 Å². The number of aromatic nitrogens is 1. The number of nitro benzene ring substituents is 1. The van der Waals surface area contributed by atoms with E-state index in [1.165, 1.54) is 30.6 Å². The van der Waals surface area contributed by atoms with Gasteiger partial charge in [-0.3, -0.25) is 19.5 Å². The molecule has 44 heavy (non-hydrogen) atoms. The van der Waals surface area contributed by atoms with Crippen LogP contribution in [-0.2, 0) is 16.1 Å². The van der Waals surface area contributed by atoms with Crippen LogP contribution in [0.15, 0.2) is 92.3 Å². The molecule has 0 fully saturated rings. The molecule has 0 radical (unpaired) electrons. The maximum atomic E-state index is 13.9. The summed E-state index contributed by atoms with van der Waals surface area (Å²) in [7, 11) is 1.32. The second-order valence-corrected chi connectivity index (χ2v) is 11.5. The molecule has 0 aliphatic carbocycles. The van der Waals surface area contributed by atoms with Crippen LogP contribution in [0.5, 0.6) is 11.5 Å². The summed E-state index contributed by atoms with van der Waals surface area (Å²) in [5.41, 5.74) is 2.67. The summed E-state index contributed by atoms with van der Waals surface area (Å²) < 4.78 is 19.6. The molecule has 3 aromatic carbocycles. The van der Waals surface area contributed by atoms with Gasteiger partial charge in [-0.05, 0) is 64.2 Å². The summed E-state index contributed by atoms with van der Waals surface area (Å²) in [6.45, 7) is 4.20. The van der Waals surface area contributed by atoms with Gasteiger partial charge in [0.2, 0.25) is 0 Å². The maximum absolute atomic E-state index is 13.9. The Labute approximate surface area is 264 Å². The summed E-state index contributed by atoms with van der Waals surface area (Å²) in [5.74, 6) is 0.339. The molecular weight excluding hydrogens is 650 g/mol. The van der Waals surface area contributed by atoms with Crippen LogP contribution in [0.25, 0.3) is 6.08 Å². The van der Waals surface area contributed by atoms with Crippen LogP contribution in [0.4, 0.5) is 5.69 Å². The van der Waals surface area contributed by atoms with Gasteiger partial charge in [0.15, 0.2) is 16.3 Å². The molecule has 10 nitrogen and oxygen atoms in total. The quantitative estimate of drug-likeness (QED) is 0.124. The molecule has 0 unspecified atom stereocenters. The molecule has 0 spiro atoms. The molecule has 0 N–H and O–H groups in total. The third-order valence-electron chi connectivity index (χ3n) is 6.90. The lowest BCUT2D eigenvalue weighted by atomic mass is 9.95. The van der Waals surface area contributed by atoms with E-state index >= 15 is 0 Å². The van der Waals surface area contributed by atoms with E-state index in [-0.39, 0.29) is 17.9 Å². The van der Waals surface area contributed by atoms with Crippen LogP contribution in [-0.4, -0.2) is 29.2 Å². The summed E-state index contributed by atoms with van der Waals surface area (Å²) in [6, 6.07) is 18.5. The highest BCUT2D eigenvalue weighted by molar-refractivity contribution is 9.10. The number of carbonyl (C=O) groups excluding carboxylic acids is 1. The average Bonchev–Trinajstić information content (AvgIpc) is 3.33. The van der Waals surface area contributed by atoms with E-state index in [9.17, 15) is 19.7 Å². The summed E-state index contributed by atoms with van der Waals surface area (Å²) in [4.78, 5) is 42.8. The van der Waals surface area contributed by atoms with E-state index in [1.807, 2.05) is 44.2 Å². The molecular formula is C32H28BrN3O7S. The Morgan fingerprint density at radius 2 is 1.89 bits per heavy atom. The second-order valence-electron chi connectivity index (χ2n) is 9.68. The highest BCUT2D eigenvalue weighted by Gasteiger charge is 2.33. The van der Waals surface area contributed by atoms with Crippen LogP contribution in [0, 0.1) is 10.1 Å². The molecule has 1 atom stereocenters. The molecule has 4 aromatic rings. The number of nitrogens with zero attached hydrogens (tertiary/aromatic N) is 3. The van der Waals surface area contributed by atoms with Crippen molar-refractivity contribution in [2.24, 2.45) is 4.99 Å². The maximum Gasteiger partial charge on any atom is 0.338 e. The smallest absolute Gasteiger partial charge is 0.338 e. The zero-order valence-corrected chi connectivity index (χ0v) is 26.5. The Hall–Kier alpha value is -4.55. The molecule has 1 aromatic heterocycles. The van der Waals surface area contributed by atoms with Crippen LogP contribution < -0.4 is 24.4 Å². The van der Waals surface area contributed by atoms with Gasteiger partial charge in [-0.25, -0.2) is 9.79 Å². The van der Waals surface area contributed by atoms with Crippen molar-refractivity contribution >= 4 is 45.0 Å². The van der Waals surface area contributed by atoms with Crippen molar-refractivity contribution in [2.75, 3.05) is 13.7 Å². The third-order valence-corrected chi connectivity index (χ3v) is 8.47. The van der Waals surface area contributed by atoms with Gasteiger partial charge in [0.1, 0.15) is 6.61 Å². The third kappa shape index (κ3) is 6.22. The number of hydrogen-bond donors (Lipinski definition) is 0. The Balaban J connectivity index is 1.57. The fourth-order valence-corrected chi connectivity index (χ4v) is 6.55. The molecule has 12 heteroatoms. The second kappa shape index (κ2) is 13.4. The largest absolute Gasteiger partial charge is 0.490 e. The number of methoxy groups -OCH3 is 1. The molecule has 0 amide bonds. The zero-order valence-electron chi connectivity index (χ0n) is 24.1. The SMILES string of the molecule is CCOc1cc(/C=c2\sc3n(c2=O)[C@H](c2ccccc2)C(C(=O)OC)=C(CC)N=3)cc(Br)c1OCc1cccc([N+](=O)[O-])c1. The predicted octanol–water partition coefficient (Wildman–Crippen LogP) is 5.45. The molecule has 5 rings (SSSR count). The van der Waals surface area contributed by atoms with Gasteiger partial charge in [0, 0.05) is 12.1 Å². The standard InChI is InChI=1S/C32H28BrN3O7S/c1-4-24-27(31(38)41-3)28(21-11-7-6-8-12-21)35-30(37)26(44-32(35)34-24)17-20-15-23(33)29(25(16-20)42-5-2)43-18-19-10-9-13-22(14-19)36(39)40/h6-17,28H,4-5,18H2,1-3H3/b26-17-/t28-/m1/s1. The summed E-state index contributed by atoms with van der Waals surface area (Å²) in [6.07, 6.45) is 2.23. The molecule has 0 saturated carbocycles. The molecule has 1 aliphatic heterocycles. The van der Waals surface area contributed by atoms with Crippen LogP contribution in [0.2, 0.25) is 0 Å². The minimum atomic E-state index is -0.688. The number of ether oxygens (including phenoxy) is 3. The first-order valence-corrected chi connectivity index (χ1v) is 15.4. The van der Waals surface area contributed by atoms with Gasteiger partial charge in [-0.1, -0.05) is 60.7 Å². The van der Waals surface area contributed by atoms with Crippen molar-refractivity contribution in [3.8, 4) is 11.5 Å². The van der Waals surface area contributed by atoms with Gasteiger partial charge in [0.05, 0.1) is 45.0 Å². The van der Waals surface area contributed by atoms with E-state index in [2.05, 4.69) is 15.9 Å². The van der Waals surface area contributed by atoms with Crippen LogP contribution in [0.1, 0.15) is 43.0 Å². The molecule has 0 bridgehead atoms. The Morgan fingerprint density at radius 1 is 1.11 bits per heavy atom. The van der Waals surface area contributed by atoms with Crippen molar-refractivity contribution in [3.05, 3.63) is 129 Å². The van der Waals surface area contributed by atoms with E-state index in [0.717, 1.165) is 5.56 Å². The number of hydrogen-bond acceptors (Lipinski definition) is 9. The number of fused-ring (bicyclic) bond motifs is 1. The number of allylic oxidation sites excluding steroid dienone is 1. The molecule has 1 aliphatic rings. The van der Waals surface area contributed by atoms with E-state index in [0.29, 0.717) is 60.7 Å². The fraction of sp³-hybridized carbons (Fsp3) is 0.219. The van der Waals surface area contributed by atoms with Gasteiger partial charge < -0.3 is 14.2 Å². The predicted molar refractivity (Wildman–Crippen MR) is 170 cm³/mol. The number of esters is 1. The lowest BCUT2D eigenvalue weighted by Crippen LogP contribution is -2.40. The number of halogens is 1. The summed E-state index contributed by atoms with van der Waals surface area (Å²) >= 11 is 4.80. The van der Waals surface area contributed by atoms with E-state index in [4.69, 9.17) is 19.2 Å². The minimum absolute atomic E-state index is 0.0220. The van der Waals surface area contributed by atoms with E-state index < -0.39 is 16.9 Å². The van der Waals surface area contributed by atoms with Crippen molar-refractivity contribution in [3.63, 3.8) is 0 Å². The molecule has 2 heterocycles. The highest BCUT2D eigenvalue weighted by atomic mass is 79.9. The van der Waals surface area contributed by atoms with Gasteiger partial charge in [-0.15, -0.1) is 0 Å². The number of nitro groups is 1. The number of benzene rings is 3. The summed E-state index contributed by atoms with van der Waals surface area (Å²) in [5, 5.41) is 11.2. The van der Waals surface area contributed by atoms with Gasteiger partial charge >= 0.3 is 5.97 Å². The van der Waals surface area contributed by atoms with Crippen LogP contribution >= 0.6 is 27.3 Å². The average molecular weight is 679 g/mol. The zero-order chi connectivity index (χ0) is 31.4. The first-order chi connectivity index (χ1) is 21.2. The highest BCUT2D eigenvalue weighted by Crippen LogP contribution is 2.38. The number of rotatable bonds is 10. The topological polar surface area (TPSA) is 122 Å².